The summed E-state index contributed by atoms with van der Waals surface area (Å²) in [4.78, 5) is 47.7. The van der Waals surface area contributed by atoms with Gasteiger partial charge in [-0.05, 0) is 25.8 Å². The van der Waals surface area contributed by atoms with Crippen molar-refractivity contribution in [2.24, 2.45) is 5.16 Å². The smallest absolute Gasteiger partial charge is 0.276 e. The van der Waals surface area contributed by atoms with Crippen LogP contribution in [0.3, 0.4) is 0 Å². The Labute approximate surface area is 193 Å². The number of β-lactam (4-membered cyclic amide) rings is 1. The number of anilines is 1. The maximum absolute atomic E-state index is 12.9. The maximum atomic E-state index is 12.9. The van der Waals surface area contributed by atoms with Crippen molar-refractivity contribution in [1.29, 1.82) is 0 Å². The predicted molar refractivity (Wildman–Crippen MR) is 116 cm³/mol. The molecule has 0 aliphatic carbocycles. The van der Waals surface area contributed by atoms with E-state index in [-0.39, 0.29) is 22.2 Å². The summed E-state index contributed by atoms with van der Waals surface area (Å²) in [5, 5.41) is 20.2. The van der Waals surface area contributed by atoms with Gasteiger partial charge in [-0.1, -0.05) is 5.16 Å². The van der Waals surface area contributed by atoms with Gasteiger partial charge in [0, 0.05) is 23.4 Å². The highest BCUT2D eigenvalue weighted by molar-refractivity contribution is 7.13. The molecule has 2 amide bonds. The first-order valence-electron chi connectivity index (χ1n) is 10.1. The molecule has 172 valence electrons. The summed E-state index contributed by atoms with van der Waals surface area (Å²) in [5.74, 6) is -2.66. The van der Waals surface area contributed by atoms with E-state index in [9.17, 15) is 19.5 Å². The zero-order valence-corrected chi connectivity index (χ0v) is 19.0. The summed E-state index contributed by atoms with van der Waals surface area (Å²) in [6.45, 7) is 3.88. The summed E-state index contributed by atoms with van der Waals surface area (Å²) in [5.41, 5.74) is 8.04. The number of hydrogen-bond donors (Lipinski definition) is 2. The largest absolute Gasteiger partial charge is 0.543 e. The number of allylic oxidation sites excluding steroid dienone is 1. The number of nitrogens with one attached hydrogen (secondary N) is 1. The van der Waals surface area contributed by atoms with Crippen molar-refractivity contribution in [2.75, 3.05) is 12.8 Å². The number of carboxylic acid groups (broad SMARTS) is 1. The van der Waals surface area contributed by atoms with Crippen molar-refractivity contribution < 1.29 is 28.9 Å². The van der Waals surface area contributed by atoms with Crippen molar-refractivity contribution in [2.45, 2.75) is 38.8 Å². The molecular weight excluding hydrogens is 448 g/mol. The molecule has 33 heavy (non-hydrogen) atoms. The molecule has 2 aliphatic rings. The van der Waals surface area contributed by atoms with Gasteiger partial charge < -0.3 is 25.8 Å². The summed E-state index contributed by atoms with van der Waals surface area (Å²) in [7, 11) is 1.28. The van der Waals surface area contributed by atoms with Gasteiger partial charge in [-0.15, -0.1) is 11.3 Å². The van der Waals surface area contributed by atoms with Gasteiger partial charge in [0.1, 0.15) is 24.5 Å². The number of nitrogen functional groups attached to an aromatic ring is 1. The highest BCUT2D eigenvalue weighted by Crippen LogP contribution is 2.36. The van der Waals surface area contributed by atoms with E-state index in [0.717, 1.165) is 22.5 Å². The molecule has 1 fully saturated rings. The van der Waals surface area contributed by atoms with Crippen LogP contribution in [-0.2, 0) is 19.2 Å². The second-order valence-corrected chi connectivity index (χ2v) is 8.65. The molecule has 0 saturated carbocycles. The molecule has 2 aromatic heterocycles. The van der Waals surface area contributed by atoms with Crippen molar-refractivity contribution in [1.82, 2.24) is 15.2 Å². The van der Waals surface area contributed by atoms with Gasteiger partial charge in [-0.2, -0.15) is 4.57 Å². The van der Waals surface area contributed by atoms with Crippen molar-refractivity contribution in [3.8, 4) is 0 Å². The van der Waals surface area contributed by atoms with E-state index in [1.165, 1.54) is 12.0 Å². The third-order valence-corrected chi connectivity index (χ3v) is 6.48. The minimum Gasteiger partial charge on any atom is -0.543 e. The van der Waals surface area contributed by atoms with E-state index in [2.05, 4.69) is 15.5 Å². The number of fused-ring (bicyclic) bond motifs is 1. The van der Waals surface area contributed by atoms with Crippen molar-refractivity contribution in [3.63, 3.8) is 0 Å². The predicted octanol–water partition coefficient (Wildman–Crippen LogP) is -0.912. The van der Waals surface area contributed by atoms with Gasteiger partial charge in [0.25, 0.3) is 11.8 Å². The zero-order chi connectivity index (χ0) is 23.9. The fourth-order valence-electron chi connectivity index (χ4n) is 4.03. The number of carbonyl (C=O) groups excluding carboxylic acids is 3. The molecule has 3 N–H and O–H groups in total. The van der Waals surface area contributed by atoms with Gasteiger partial charge in [-0.25, -0.2) is 4.98 Å². The average molecular weight is 471 g/mol. The van der Waals surface area contributed by atoms with E-state index in [0.29, 0.717) is 18.5 Å². The number of aryl methyl sites for hydroxylation is 2. The van der Waals surface area contributed by atoms with Crippen LogP contribution >= 0.6 is 11.3 Å². The lowest BCUT2D eigenvalue weighted by molar-refractivity contribution is -0.585. The first-order valence-corrected chi connectivity index (χ1v) is 11.0. The third-order valence-electron chi connectivity index (χ3n) is 5.80. The van der Waals surface area contributed by atoms with Crippen molar-refractivity contribution >= 4 is 45.7 Å². The van der Waals surface area contributed by atoms with Crippen LogP contribution in [0.4, 0.5) is 5.13 Å². The van der Waals surface area contributed by atoms with E-state index in [4.69, 9.17) is 10.6 Å². The Balaban J connectivity index is 1.59. The van der Waals surface area contributed by atoms with Crippen LogP contribution in [0.2, 0.25) is 0 Å². The van der Waals surface area contributed by atoms with Gasteiger partial charge in [0.15, 0.2) is 23.2 Å². The second kappa shape index (κ2) is 8.62. The van der Waals surface area contributed by atoms with Gasteiger partial charge in [0.2, 0.25) is 5.70 Å². The summed E-state index contributed by atoms with van der Waals surface area (Å²) in [6, 6.07) is 0.454. The van der Waals surface area contributed by atoms with Crippen molar-refractivity contribution in [3.05, 3.63) is 46.4 Å². The number of nitrogens with two attached hydrogens (primary N) is 1. The summed E-state index contributed by atoms with van der Waals surface area (Å²) in [6.07, 6.45) is 4.43. The molecule has 0 radical (unpaired) electrons. The number of thiazole rings is 1. The highest BCUT2D eigenvalue weighted by Gasteiger charge is 2.54. The van der Waals surface area contributed by atoms with Crippen LogP contribution in [0.5, 0.6) is 0 Å². The molecule has 11 nitrogen and oxygen atoms in total. The molecule has 4 rings (SSSR count). The Morgan fingerprint density at radius 3 is 2.76 bits per heavy atom. The molecule has 0 unspecified atom stereocenters. The third kappa shape index (κ3) is 3.93. The molecule has 2 atom stereocenters. The molecule has 12 heteroatoms. The Morgan fingerprint density at radius 2 is 2.15 bits per heavy atom. The van der Waals surface area contributed by atoms with E-state index >= 15 is 0 Å². The minimum absolute atomic E-state index is 0.130. The fraction of sp³-hybridized carbons (Fsp3) is 0.333. The zero-order valence-electron chi connectivity index (χ0n) is 18.2. The quantitative estimate of drug-likeness (QED) is 0.240. The standard InChI is InChI=1S/C21H22N6O5S/c1-10-6-7-26(8-11(10)2)14-5-4-13-16(19(29)27(13)17(14)20(30)31)24-18(28)15(25-32-3)12-9-33-21(22)23-12/h6-9,13,16H,4-5H2,1-3H3,(H3-,22,23,24,28,30,31)/b25-15-/t13-,16+/m1/s1. The van der Waals surface area contributed by atoms with E-state index in [1.807, 2.05) is 26.1 Å². The topological polar surface area (TPSA) is 154 Å². The summed E-state index contributed by atoms with van der Waals surface area (Å²) < 4.78 is 1.71. The number of carboxylic acids is 1. The van der Waals surface area contributed by atoms with Gasteiger partial charge >= 0.3 is 0 Å². The number of pyridine rings is 1. The molecule has 0 bridgehead atoms. The Bertz CT molecular complexity index is 1220. The number of hydrogen-bond acceptors (Lipinski definition) is 9. The van der Waals surface area contributed by atoms with Crippen LogP contribution in [0.15, 0.2) is 34.7 Å². The number of amides is 2. The first-order chi connectivity index (χ1) is 15.7. The number of oxime groups is 1. The Hall–Kier alpha value is -3.80. The van der Waals surface area contributed by atoms with Crippen LogP contribution < -0.4 is 20.7 Å². The van der Waals surface area contributed by atoms with E-state index < -0.39 is 29.9 Å². The number of nitrogens with zero attached hydrogens (tertiary/aromatic N) is 4. The summed E-state index contributed by atoms with van der Waals surface area (Å²) >= 11 is 1.13. The van der Waals surface area contributed by atoms with Crippen LogP contribution in [0, 0.1) is 13.8 Å². The van der Waals surface area contributed by atoms with Gasteiger partial charge in [-0.3, -0.25) is 14.5 Å². The lowest BCUT2D eigenvalue weighted by atomic mass is 9.85. The number of carbonyl (C=O) groups is 3. The molecular formula is C21H22N6O5S. The van der Waals surface area contributed by atoms with Crippen LogP contribution in [0.1, 0.15) is 29.7 Å². The number of aromatic nitrogens is 2. The molecule has 0 spiro atoms. The SMILES string of the molecule is CO/N=C(\C(=O)N[C@@H]1C(=O)N2C(C(=O)[O-])=C([n+]3ccc(C)c(C)c3)CC[C@H]12)c1csc(N)n1. The highest BCUT2D eigenvalue weighted by atomic mass is 32.1. The maximum Gasteiger partial charge on any atom is 0.276 e. The lowest BCUT2D eigenvalue weighted by Gasteiger charge is -2.50. The Kier molecular flexibility index (Phi) is 5.85. The monoisotopic (exact) mass is 470 g/mol. The molecule has 4 heterocycles. The average Bonchev–Trinajstić information content (AvgIpc) is 3.22. The lowest BCUT2D eigenvalue weighted by Crippen LogP contribution is -2.73. The van der Waals surface area contributed by atoms with Gasteiger partial charge in [0.05, 0.1) is 12.0 Å². The fourth-order valence-corrected chi connectivity index (χ4v) is 4.58. The first kappa shape index (κ1) is 22.4. The molecule has 2 aliphatic heterocycles. The van der Waals surface area contributed by atoms with Crippen LogP contribution in [-0.4, -0.2) is 52.6 Å². The second-order valence-electron chi connectivity index (χ2n) is 7.76. The number of rotatable bonds is 6. The Morgan fingerprint density at radius 1 is 1.39 bits per heavy atom. The molecule has 1 saturated heterocycles. The minimum atomic E-state index is -1.45. The number of aliphatic carboxylic acids is 1. The molecule has 2 aromatic rings. The normalized spacial score (nSPS) is 20.3. The van der Waals surface area contributed by atoms with E-state index in [1.54, 1.807) is 16.1 Å². The molecule has 0 aromatic carbocycles. The van der Waals surface area contributed by atoms with Crippen LogP contribution in [0.25, 0.3) is 5.70 Å².